The number of tetrazole rings is 1. The number of benzene rings is 2. The number of nitrogens with zero attached hydrogens (tertiary/aromatic N) is 4. The Morgan fingerprint density at radius 1 is 1.07 bits per heavy atom. The quantitative estimate of drug-likeness (QED) is 0.486. The van der Waals surface area contributed by atoms with Gasteiger partial charge in [0.2, 0.25) is 11.1 Å². The van der Waals surface area contributed by atoms with Crippen LogP contribution in [0.3, 0.4) is 0 Å². The Kier molecular flexibility index (Phi) is 6.20. The highest BCUT2D eigenvalue weighted by Crippen LogP contribution is 2.21. The topological polar surface area (TPSA) is 89.8 Å². The Morgan fingerprint density at radius 3 is 2.50 bits per heavy atom. The van der Waals surface area contributed by atoms with Crippen molar-refractivity contribution in [3.63, 3.8) is 0 Å². The van der Waals surface area contributed by atoms with Crippen molar-refractivity contribution in [1.82, 2.24) is 20.2 Å². The highest BCUT2D eigenvalue weighted by Gasteiger charge is 2.11. The Labute approximate surface area is 167 Å². The van der Waals surface area contributed by atoms with E-state index < -0.39 is 0 Å². The molecule has 0 saturated carbocycles. The van der Waals surface area contributed by atoms with Gasteiger partial charge in [0, 0.05) is 23.4 Å². The molecule has 1 amide bonds. The van der Waals surface area contributed by atoms with E-state index >= 15 is 0 Å². The van der Waals surface area contributed by atoms with Gasteiger partial charge in [-0.2, -0.15) is 4.68 Å². The van der Waals surface area contributed by atoms with E-state index in [0.29, 0.717) is 28.6 Å². The number of amides is 1. The van der Waals surface area contributed by atoms with Gasteiger partial charge in [-0.05, 0) is 78.7 Å². The average molecular weight is 395 g/mol. The van der Waals surface area contributed by atoms with Crippen LogP contribution in [0.15, 0.2) is 47.6 Å². The van der Waals surface area contributed by atoms with Crippen LogP contribution in [0.2, 0.25) is 0 Å². The molecule has 0 unspecified atom stereocenters. The number of Topliss-reactive ketones (excluding diaryl/α,β-unsaturated/α-hetero) is 1. The van der Waals surface area contributed by atoms with E-state index in [9.17, 15) is 9.59 Å². The van der Waals surface area contributed by atoms with Crippen molar-refractivity contribution in [2.75, 3.05) is 11.1 Å². The SMILES string of the molecule is CC(=O)c1ccc(NC(=O)CCSc2nnnn2-c2ccc(C)c(C)c2)cc1. The average Bonchev–Trinajstić information content (AvgIpc) is 3.13. The summed E-state index contributed by atoms with van der Waals surface area (Å²) in [6, 6.07) is 12.9. The van der Waals surface area contributed by atoms with Crippen molar-refractivity contribution in [2.45, 2.75) is 32.3 Å². The molecule has 1 aromatic heterocycles. The molecule has 28 heavy (non-hydrogen) atoms. The molecule has 0 radical (unpaired) electrons. The molecule has 2 aromatic carbocycles. The zero-order valence-electron chi connectivity index (χ0n) is 16.0. The van der Waals surface area contributed by atoms with E-state index in [1.54, 1.807) is 28.9 Å². The summed E-state index contributed by atoms with van der Waals surface area (Å²) in [6.45, 7) is 5.61. The van der Waals surface area contributed by atoms with E-state index in [2.05, 4.69) is 27.8 Å². The number of nitrogens with one attached hydrogen (secondary N) is 1. The van der Waals surface area contributed by atoms with Crippen LogP contribution < -0.4 is 5.32 Å². The van der Waals surface area contributed by atoms with Crippen LogP contribution in [0.5, 0.6) is 0 Å². The zero-order chi connectivity index (χ0) is 20.1. The van der Waals surface area contributed by atoms with Crippen LogP contribution in [0, 0.1) is 13.8 Å². The Balaban J connectivity index is 1.55. The van der Waals surface area contributed by atoms with Gasteiger partial charge in [-0.3, -0.25) is 9.59 Å². The van der Waals surface area contributed by atoms with Gasteiger partial charge in [0.15, 0.2) is 5.78 Å². The highest BCUT2D eigenvalue weighted by molar-refractivity contribution is 7.99. The number of aryl methyl sites for hydroxylation is 2. The lowest BCUT2D eigenvalue weighted by Gasteiger charge is -2.07. The van der Waals surface area contributed by atoms with Crippen LogP contribution in [0.4, 0.5) is 5.69 Å². The van der Waals surface area contributed by atoms with Crippen LogP contribution in [0.25, 0.3) is 5.69 Å². The molecule has 1 N–H and O–H groups in total. The zero-order valence-corrected chi connectivity index (χ0v) is 16.8. The maximum Gasteiger partial charge on any atom is 0.225 e. The number of anilines is 1. The van der Waals surface area contributed by atoms with Crippen LogP contribution in [0.1, 0.15) is 34.8 Å². The number of carbonyl (C=O) groups is 2. The minimum absolute atomic E-state index is 0.00392. The lowest BCUT2D eigenvalue weighted by molar-refractivity contribution is -0.115. The molecular weight excluding hydrogens is 374 g/mol. The van der Waals surface area contributed by atoms with Crippen LogP contribution in [-0.4, -0.2) is 37.7 Å². The maximum atomic E-state index is 12.1. The minimum atomic E-state index is -0.103. The van der Waals surface area contributed by atoms with Gasteiger partial charge in [0.25, 0.3) is 0 Å². The second-order valence-corrected chi connectivity index (χ2v) is 7.48. The number of rotatable bonds is 7. The van der Waals surface area contributed by atoms with Gasteiger partial charge in [-0.15, -0.1) is 5.10 Å². The molecule has 1 heterocycles. The molecule has 0 atom stereocenters. The predicted octanol–water partition coefficient (Wildman–Crippen LogP) is 3.60. The molecule has 0 fully saturated rings. The largest absolute Gasteiger partial charge is 0.326 e. The summed E-state index contributed by atoms with van der Waals surface area (Å²) < 4.78 is 1.68. The van der Waals surface area contributed by atoms with Crippen LogP contribution in [-0.2, 0) is 4.79 Å². The predicted molar refractivity (Wildman–Crippen MR) is 109 cm³/mol. The molecule has 7 nitrogen and oxygen atoms in total. The molecule has 3 rings (SSSR count). The maximum absolute atomic E-state index is 12.1. The highest BCUT2D eigenvalue weighted by atomic mass is 32.2. The summed E-state index contributed by atoms with van der Waals surface area (Å²) in [4.78, 5) is 23.4. The third kappa shape index (κ3) is 4.83. The van der Waals surface area contributed by atoms with Crippen molar-refractivity contribution < 1.29 is 9.59 Å². The van der Waals surface area contributed by atoms with E-state index in [4.69, 9.17) is 0 Å². The van der Waals surface area contributed by atoms with Crippen LogP contribution >= 0.6 is 11.8 Å². The number of hydrogen-bond acceptors (Lipinski definition) is 6. The molecule has 0 aliphatic carbocycles. The second-order valence-electron chi connectivity index (χ2n) is 6.42. The summed E-state index contributed by atoms with van der Waals surface area (Å²) >= 11 is 1.43. The number of hydrogen-bond donors (Lipinski definition) is 1. The van der Waals surface area contributed by atoms with E-state index in [0.717, 1.165) is 5.69 Å². The van der Waals surface area contributed by atoms with Gasteiger partial charge in [0.1, 0.15) is 0 Å². The summed E-state index contributed by atoms with van der Waals surface area (Å²) in [5, 5.41) is 15.3. The molecule has 0 aliphatic heterocycles. The first-order valence-corrected chi connectivity index (χ1v) is 9.82. The smallest absolute Gasteiger partial charge is 0.225 e. The molecule has 0 aliphatic rings. The number of ketones is 1. The van der Waals surface area contributed by atoms with Crippen molar-refractivity contribution in [1.29, 1.82) is 0 Å². The Morgan fingerprint density at radius 2 is 1.82 bits per heavy atom. The first-order chi connectivity index (χ1) is 13.4. The first-order valence-electron chi connectivity index (χ1n) is 8.83. The van der Waals surface area contributed by atoms with Gasteiger partial charge >= 0.3 is 0 Å². The summed E-state index contributed by atoms with van der Waals surface area (Å²) in [6.07, 6.45) is 0.318. The number of thioether (sulfide) groups is 1. The fraction of sp³-hybridized carbons (Fsp3) is 0.250. The Hall–Kier alpha value is -3.00. The number of aromatic nitrogens is 4. The van der Waals surface area contributed by atoms with Crippen molar-refractivity contribution in [3.8, 4) is 5.69 Å². The lowest BCUT2D eigenvalue weighted by atomic mass is 10.1. The fourth-order valence-corrected chi connectivity index (χ4v) is 3.36. The second kappa shape index (κ2) is 8.79. The van der Waals surface area contributed by atoms with Gasteiger partial charge < -0.3 is 5.32 Å². The van der Waals surface area contributed by atoms with Gasteiger partial charge in [0.05, 0.1) is 5.69 Å². The minimum Gasteiger partial charge on any atom is -0.326 e. The standard InChI is InChI=1S/C20H21N5O2S/c1-13-4-9-18(12-14(13)2)25-20(22-23-24-25)28-11-10-19(27)21-17-7-5-16(6-8-17)15(3)26/h4-9,12H,10-11H2,1-3H3,(H,21,27). The molecule has 8 heteroatoms. The molecule has 0 bridgehead atoms. The first kappa shape index (κ1) is 19.8. The monoisotopic (exact) mass is 395 g/mol. The molecule has 0 spiro atoms. The normalized spacial score (nSPS) is 10.7. The third-order valence-electron chi connectivity index (χ3n) is 4.31. The number of carbonyl (C=O) groups excluding carboxylic acids is 2. The Bertz CT molecular complexity index is 998. The fourth-order valence-electron chi connectivity index (χ4n) is 2.54. The summed E-state index contributed by atoms with van der Waals surface area (Å²) in [7, 11) is 0. The summed E-state index contributed by atoms with van der Waals surface area (Å²) in [5.74, 6) is 0.437. The molecular formula is C20H21N5O2S. The molecule has 144 valence electrons. The lowest BCUT2D eigenvalue weighted by Crippen LogP contribution is -2.12. The third-order valence-corrected chi connectivity index (χ3v) is 5.23. The van der Waals surface area contributed by atoms with E-state index in [1.807, 2.05) is 25.1 Å². The molecule has 0 saturated heterocycles. The van der Waals surface area contributed by atoms with Gasteiger partial charge in [-0.25, -0.2) is 0 Å². The van der Waals surface area contributed by atoms with Crippen molar-refractivity contribution in [2.24, 2.45) is 0 Å². The van der Waals surface area contributed by atoms with Gasteiger partial charge in [-0.1, -0.05) is 17.8 Å². The van der Waals surface area contributed by atoms with Crippen molar-refractivity contribution in [3.05, 3.63) is 59.2 Å². The van der Waals surface area contributed by atoms with E-state index in [-0.39, 0.29) is 11.7 Å². The molecule has 3 aromatic rings. The van der Waals surface area contributed by atoms with E-state index in [1.165, 1.54) is 29.8 Å². The van der Waals surface area contributed by atoms with Crippen molar-refractivity contribution >= 4 is 29.1 Å². The summed E-state index contributed by atoms with van der Waals surface area (Å²) in [5.41, 5.74) is 4.55.